The lowest BCUT2D eigenvalue weighted by Gasteiger charge is -2.12. The molecule has 0 saturated heterocycles. The van der Waals surface area contributed by atoms with Gasteiger partial charge in [0, 0.05) is 40.6 Å². The summed E-state index contributed by atoms with van der Waals surface area (Å²) in [5.41, 5.74) is 10.6. The van der Waals surface area contributed by atoms with Crippen LogP contribution >= 0.6 is 63.7 Å². The smallest absolute Gasteiger partial charge is 0.490 e. The van der Waals surface area contributed by atoms with Crippen LogP contribution < -0.4 is 31.2 Å². The molecule has 506 valence electrons. The SMILES string of the molecule is CCOC(=O)c1nnn(Cc2ccc(OC)cc2)c1Nc1ccc2cc(Br)ccc2c1.COc1ccc(Cn2nnc(C(=O)O)c2Nc2ccc3cc(Br)ccc3c2)cc1.Nc1ccc2cc(Br)ccc2c1.O=C(O)C(F)(F)F.O=C(O)c1n[nH]nc1Nc1ccc2cc(Br)ccc2c1. The van der Waals surface area contributed by atoms with E-state index in [1.54, 1.807) is 25.8 Å². The number of aromatic carboxylic acids is 2. The molecule has 0 aliphatic heterocycles. The number of esters is 1. The minimum Gasteiger partial charge on any atom is -0.497 e. The van der Waals surface area contributed by atoms with E-state index < -0.39 is 30.1 Å². The molecule has 9 N–H and O–H groups in total. The summed E-state index contributed by atoms with van der Waals surface area (Å²) < 4.78 is 54.6. The summed E-state index contributed by atoms with van der Waals surface area (Å²) in [7, 11) is 3.23. The van der Waals surface area contributed by atoms with Gasteiger partial charge in [-0.1, -0.05) is 147 Å². The number of carbonyl (C=O) groups is 4. The van der Waals surface area contributed by atoms with Crippen LogP contribution in [0.4, 0.5) is 53.4 Å². The highest BCUT2D eigenvalue weighted by atomic mass is 79.9. The van der Waals surface area contributed by atoms with Crippen molar-refractivity contribution < 1.29 is 61.9 Å². The lowest BCUT2D eigenvalue weighted by atomic mass is 10.1. The third kappa shape index (κ3) is 19.9. The van der Waals surface area contributed by atoms with Crippen LogP contribution in [0.1, 0.15) is 49.5 Å². The number of carboxylic acid groups (broad SMARTS) is 3. The number of fused-ring (bicyclic) bond motifs is 4. The van der Waals surface area contributed by atoms with Crippen molar-refractivity contribution in [2.45, 2.75) is 26.2 Å². The summed E-state index contributed by atoms with van der Waals surface area (Å²) in [6.07, 6.45) is -5.08. The highest BCUT2D eigenvalue weighted by molar-refractivity contribution is 9.11. The number of H-pyrrole nitrogens is 1. The largest absolute Gasteiger partial charge is 0.497 e. The number of nitrogens with zero attached hydrogens (tertiary/aromatic N) is 8. The second kappa shape index (κ2) is 33.3. The van der Waals surface area contributed by atoms with Gasteiger partial charge in [-0.25, -0.2) is 28.5 Å². The molecule has 3 heterocycles. The molecule has 30 heteroatoms. The molecule has 0 radical (unpaired) electrons. The van der Waals surface area contributed by atoms with E-state index in [4.69, 9.17) is 35.0 Å². The Morgan fingerprint density at radius 1 is 0.485 bits per heavy atom. The van der Waals surface area contributed by atoms with Crippen LogP contribution in [0.3, 0.4) is 0 Å². The second-order valence-electron chi connectivity index (χ2n) is 21.0. The number of carboxylic acids is 3. The standard InChI is InChI=1S/C23H21BrN4O3.C21H17BrN4O3.C13H9BrN4O2.C10H8BrN.C2HF3O2/c1-3-31-23(29)21-22(25-19-9-7-16-12-18(24)8-6-17(16)13-19)28(27-26-21)14-15-4-10-20(30-2)11-5-15;1-29-18-8-2-13(3-9-18)12-26-20(19(21(27)28)24-25-26)23-17-7-5-14-10-16(22)6-4-15(14)11-17;14-9-3-1-8-6-10(4-2-7(8)5-9)15-12-11(13(19)20)16-18-17-12;11-9-3-1-8-6-10(12)4-2-7(8)5-9;3-2(4,5)1(6)7/h4-13,25H,3,14H2,1-2H3;2-11,23H,12H2,1H3,(H,27,28);1-6H,(H,19,20)(H2,15,16,17,18);1-6H,12H2;(H,6,7). The first-order valence-corrected chi connectivity index (χ1v) is 32.4. The monoisotopic (exact) mass is 1600 g/mol. The van der Waals surface area contributed by atoms with Gasteiger partial charge in [-0.2, -0.15) is 18.4 Å². The number of ether oxygens (including phenoxy) is 3. The fraction of sp³-hybridized carbons (Fsp3) is 0.101. The molecule has 0 saturated carbocycles. The fourth-order valence-electron chi connectivity index (χ4n) is 9.38. The first kappa shape index (κ1) is 72.3. The highest BCUT2D eigenvalue weighted by Crippen LogP contribution is 2.31. The van der Waals surface area contributed by atoms with Gasteiger partial charge >= 0.3 is 30.1 Å². The summed E-state index contributed by atoms with van der Waals surface area (Å²) in [4.78, 5) is 43.9. The van der Waals surface area contributed by atoms with Crippen molar-refractivity contribution in [2.75, 3.05) is 42.5 Å². The van der Waals surface area contributed by atoms with E-state index in [-0.39, 0.29) is 29.5 Å². The van der Waals surface area contributed by atoms with Crippen LogP contribution in [-0.2, 0) is 22.6 Å². The van der Waals surface area contributed by atoms with Gasteiger partial charge < -0.3 is 51.2 Å². The van der Waals surface area contributed by atoms with Gasteiger partial charge in [0.05, 0.1) is 33.9 Å². The zero-order chi connectivity index (χ0) is 70.9. The van der Waals surface area contributed by atoms with E-state index in [0.717, 1.165) is 95.6 Å². The molecule has 13 rings (SSSR count). The second-order valence-corrected chi connectivity index (χ2v) is 24.6. The zero-order valence-corrected chi connectivity index (χ0v) is 58.4. The van der Waals surface area contributed by atoms with E-state index in [1.807, 2.05) is 176 Å². The number of methoxy groups -OCH3 is 2. The average molecular weight is 1600 g/mol. The fourth-order valence-corrected chi connectivity index (χ4v) is 10.9. The minimum atomic E-state index is -5.08. The van der Waals surface area contributed by atoms with Gasteiger partial charge in [0.1, 0.15) is 11.5 Å². The summed E-state index contributed by atoms with van der Waals surface area (Å²) in [5, 5.41) is 69.6. The molecule has 0 bridgehead atoms. The van der Waals surface area contributed by atoms with Gasteiger partial charge in [-0.3, -0.25) is 0 Å². The molecule has 0 aliphatic carbocycles. The van der Waals surface area contributed by atoms with Gasteiger partial charge in [0.25, 0.3) is 0 Å². The molecule has 0 spiro atoms. The molecule has 0 atom stereocenters. The van der Waals surface area contributed by atoms with Crippen LogP contribution in [0.15, 0.2) is 212 Å². The molecule has 23 nitrogen and oxygen atoms in total. The van der Waals surface area contributed by atoms with Gasteiger partial charge in [-0.05, 0) is 182 Å². The molecule has 10 aromatic carbocycles. The molecule has 0 fully saturated rings. The Bertz CT molecular complexity index is 5000. The summed E-state index contributed by atoms with van der Waals surface area (Å²) in [6, 6.07) is 62.7. The first-order valence-electron chi connectivity index (χ1n) is 29.2. The first-order chi connectivity index (χ1) is 47.4. The maximum Gasteiger partial charge on any atom is 0.490 e. The number of halogens is 7. The molecule has 0 aliphatic rings. The number of aromatic nitrogens is 9. The predicted molar refractivity (Wildman–Crippen MR) is 385 cm³/mol. The topological polar surface area (TPSA) is 322 Å². The molecular weight excluding hydrogens is 1550 g/mol. The van der Waals surface area contributed by atoms with Gasteiger partial charge in [-0.15, -0.1) is 20.4 Å². The van der Waals surface area contributed by atoms with E-state index in [9.17, 15) is 32.7 Å². The minimum absolute atomic E-state index is 0.130. The summed E-state index contributed by atoms with van der Waals surface area (Å²) in [6.45, 7) is 2.81. The number of aromatic amines is 1. The van der Waals surface area contributed by atoms with Crippen molar-refractivity contribution in [3.05, 3.63) is 240 Å². The number of nitrogens with one attached hydrogen (secondary N) is 4. The summed E-state index contributed by atoms with van der Waals surface area (Å²) >= 11 is 13.8. The molecule has 13 aromatic rings. The number of hydrogen-bond donors (Lipinski definition) is 8. The number of benzene rings is 10. The quantitative estimate of drug-likeness (QED) is 0.0329. The molecule has 3 aromatic heterocycles. The lowest BCUT2D eigenvalue weighted by Crippen LogP contribution is -2.21. The highest BCUT2D eigenvalue weighted by Gasteiger charge is 2.38. The number of aliphatic carboxylic acids is 1. The third-order valence-electron chi connectivity index (χ3n) is 14.1. The van der Waals surface area contributed by atoms with Gasteiger partial charge in [0.15, 0.2) is 17.5 Å². The van der Waals surface area contributed by atoms with Gasteiger partial charge in [0.2, 0.25) is 17.1 Å². The van der Waals surface area contributed by atoms with Crippen molar-refractivity contribution in [1.82, 2.24) is 45.4 Å². The van der Waals surface area contributed by atoms with Crippen molar-refractivity contribution in [3.63, 3.8) is 0 Å². The van der Waals surface area contributed by atoms with Crippen molar-refractivity contribution in [1.29, 1.82) is 0 Å². The van der Waals surface area contributed by atoms with E-state index in [0.29, 0.717) is 24.7 Å². The molecule has 0 unspecified atom stereocenters. The van der Waals surface area contributed by atoms with Crippen LogP contribution in [0.5, 0.6) is 11.5 Å². The van der Waals surface area contributed by atoms with E-state index >= 15 is 0 Å². The van der Waals surface area contributed by atoms with Crippen molar-refractivity contribution in [2.24, 2.45) is 0 Å². The number of carbonyl (C=O) groups excluding carboxylic acids is 1. The Morgan fingerprint density at radius 2 is 0.838 bits per heavy atom. The van der Waals surface area contributed by atoms with E-state index in [2.05, 4.69) is 134 Å². The van der Waals surface area contributed by atoms with Crippen LogP contribution in [-0.4, -0.2) is 112 Å². The van der Waals surface area contributed by atoms with Crippen LogP contribution in [0, 0.1) is 0 Å². The maximum atomic E-state index is 12.5. The third-order valence-corrected chi connectivity index (χ3v) is 16.1. The van der Waals surface area contributed by atoms with Crippen molar-refractivity contribution in [3.8, 4) is 11.5 Å². The maximum absolute atomic E-state index is 12.5. The van der Waals surface area contributed by atoms with Crippen LogP contribution in [0.25, 0.3) is 43.1 Å². The molecular formula is C69H56Br4F3N13O10. The Balaban J connectivity index is 0.000000155. The number of anilines is 7. The van der Waals surface area contributed by atoms with E-state index in [1.165, 1.54) is 15.5 Å². The average Bonchev–Trinajstić information content (AvgIpc) is 1.76. The zero-order valence-electron chi connectivity index (χ0n) is 52.1. The molecule has 0 amide bonds. The Hall–Kier alpha value is -11.0. The molecule has 99 heavy (non-hydrogen) atoms. The Labute approximate surface area is 594 Å². The van der Waals surface area contributed by atoms with Crippen LogP contribution in [0.2, 0.25) is 0 Å². The summed E-state index contributed by atoms with van der Waals surface area (Å²) in [5.74, 6) is -3.03. The number of nitrogen functional groups attached to an aromatic ring is 1. The number of hydrogen-bond acceptors (Lipinski definition) is 17. The predicted octanol–water partition coefficient (Wildman–Crippen LogP) is 16.8. The van der Waals surface area contributed by atoms with Crippen molar-refractivity contribution >= 4 is 171 Å². The normalized spacial score (nSPS) is 10.8. The number of nitrogens with two attached hydrogens (primary N) is 1. The number of rotatable bonds is 16. The Morgan fingerprint density at radius 3 is 1.22 bits per heavy atom. The Kier molecular flexibility index (Phi) is 24.4. The number of alkyl halides is 3. The lowest BCUT2D eigenvalue weighted by molar-refractivity contribution is -0.192.